The van der Waals surface area contributed by atoms with E-state index in [1.807, 2.05) is 0 Å². The molecule has 0 saturated carbocycles. The van der Waals surface area contributed by atoms with Crippen molar-refractivity contribution >= 4 is 34.7 Å². The zero-order valence-electron chi connectivity index (χ0n) is 26.5. The van der Waals surface area contributed by atoms with Crippen LogP contribution < -0.4 is 10.4 Å². The van der Waals surface area contributed by atoms with Crippen LogP contribution in [0.15, 0.2) is 146 Å². The fourth-order valence-electron chi connectivity index (χ4n) is 6.26. The van der Waals surface area contributed by atoms with Gasteiger partial charge in [0.2, 0.25) is 0 Å². The number of allylic oxidation sites excluding steroid dienone is 4. The second kappa shape index (κ2) is 11.4. The summed E-state index contributed by atoms with van der Waals surface area (Å²) in [5.41, 5.74) is 9.12. The van der Waals surface area contributed by atoms with E-state index < -0.39 is 18.3 Å². The van der Waals surface area contributed by atoms with E-state index >= 15 is 0 Å². The van der Waals surface area contributed by atoms with Crippen molar-refractivity contribution in [1.29, 1.82) is 0 Å². The molecule has 0 aromatic heterocycles. The Hall–Kier alpha value is -4.64. The van der Waals surface area contributed by atoms with E-state index in [0.29, 0.717) is 0 Å². The molecular formula is C41H38BNO2. The molecule has 0 N–H and O–H groups in total. The van der Waals surface area contributed by atoms with Gasteiger partial charge in [-0.2, -0.15) is 0 Å². The van der Waals surface area contributed by atoms with Gasteiger partial charge in [0.05, 0.1) is 11.2 Å². The molecule has 222 valence electrons. The highest BCUT2D eigenvalue weighted by molar-refractivity contribution is 6.62. The van der Waals surface area contributed by atoms with Gasteiger partial charge in [-0.15, -0.1) is 0 Å². The Morgan fingerprint density at radius 3 is 2.20 bits per heavy atom. The minimum Gasteiger partial charge on any atom is -0.399 e. The van der Waals surface area contributed by atoms with Crippen LogP contribution >= 0.6 is 0 Å². The summed E-state index contributed by atoms with van der Waals surface area (Å²) in [4.78, 5) is 2.29. The van der Waals surface area contributed by atoms with Gasteiger partial charge < -0.3 is 14.2 Å². The SMILES string of the molecule is C=C1/C=C\C=C/Cc2cc(B3OC(C)(C)C(C)(C)O3)ccc2N1c1cc(-c2ccccc2)cc(-c2cccc3ccccc23)c1. The van der Waals surface area contributed by atoms with Crippen molar-refractivity contribution in [2.45, 2.75) is 45.3 Å². The molecule has 5 aromatic rings. The van der Waals surface area contributed by atoms with Gasteiger partial charge in [0.25, 0.3) is 0 Å². The largest absolute Gasteiger partial charge is 0.494 e. The van der Waals surface area contributed by atoms with Crippen LogP contribution in [0.3, 0.4) is 0 Å². The number of benzene rings is 5. The van der Waals surface area contributed by atoms with E-state index in [-0.39, 0.29) is 0 Å². The Balaban J connectivity index is 1.40. The number of hydrogen-bond acceptors (Lipinski definition) is 3. The van der Waals surface area contributed by atoms with Gasteiger partial charge in [-0.3, -0.25) is 0 Å². The molecule has 2 heterocycles. The molecule has 1 fully saturated rings. The van der Waals surface area contributed by atoms with Gasteiger partial charge in [0, 0.05) is 17.1 Å². The summed E-state index contributed by atoms with van der Waals surface area (Å²) in [6.45, 7) is 12.9. The van der Waals surface area contributed by atoms with Crippen LogP contribution in [0, 0.1) is 0 Å². The Labute approximate surface area is 267 Å². The zero-order valence-corrected chi connectivity index (χ0v) is 26.5. The van der Waals surface area contributed by atoms with Crippen LogP contribution in [0.5, 0.6) is 0 Å². The molecule has 5 aromatic carbocycles. The molecule has 2 aliphatic rings. The van der Waals surface area contributed by atoms with Crippen LogP contribution in [0.2, 0.25) is 0 Å². The minimum atomic E-state index is -0.425. The number of anilines is 2. The average molecular weight is 588 g/mol. The summed E-state index contributed by atoms with van der Waals surface area (Å²) in [5, 5.41) is 2.46. The van der Waals surface area contributed by atoms with E-state index in [4.69, 9.17) is 9.31 Å². The number of rotatable bonds is 4. The second-order valence-corrected chi connectivity index (χ2v) is 13.0. The lowest BCUT2D eigenvalue weighted by Gasteiger charge is -2.32. The van der Waals surface area contributed by atoms with Crippen molar-refractivity contribution in [3.8, 4) is 22.3 Å². The summed E-state index contributed by atoms with van der Waals surface area (Å²) >= 11 is 0. The molecule has 4 heteroatoms. The second-order valence-electron chi connectivity index (χ2n) is 13.0. The lowest BCUT2D eigenvalue weighted by Crippen LogP contribution is -2.41. The third-order valence-corrected chi connectivity index (χ3v) is 9.41. The third-order valence-electron chi connectivity index (χ3n) is 9.41. The van der Waals surface area contributed by atoms with E-state index in [1.54, 1.807) is 0 Å². The minimum absolute atomic E-state index is 0.403. The molecule has 0 unspecified atom stereocenters. The van der Waals surface area contributed by atoms with Gasteiger partial charge >= 0.3 is 7.12 Å². The Kier molecular flexibility index (Phi) is 7.36. The molecule has 3 nitrogen and oxygen atoms in total. The third kappa shape index (κ3) is 5.46. The van der Waals surface area contributed by atoms with Crippen LogP contribution in [0.25, 0.3) is 33.0 Å². The zero-order chi connectivity index (χ0) is 31.2. The Morgan fingerprint density at radius 1 is 0.689 bits per heavy atom. The van der Waals surface area contributed by atoms with E-state index in [1.165, 1.54) is 27.5 Å². The summed E-state index contributed by atoms with van der Waals surface area (Å²) in [7, 11) is -0.425. The topological polar surface area (TPSA) is 21.7 Å². The van der Waals surface area contributed by atoms with Gasteiger partial charge in [0.1, 0.15) is 0 Å². The smallest absolute Gasteiger partial charge is 0.399 e. The number of fused-ring (bicyclic) bond motifs is 2. The summed E-state index contributed by atoms with van der Waals surface area (Å²) < 4.78 is 12.9. The van der Waals surface area contributed by atoms with Crippen molar-refractivity contribution in [2.75, 3.05) is 4.90 Å². The molecule has 7 rings (SSSR count). The summed E-state index contributed by atoms with van der Waals surface area (Å²) in [6, 6.07) is 39.2. The Morgan fingerprint density at radius 2 is 1.40 bits per heavy atom. The number of hydrogen-bond donors (Lipinski definition) is 0. The molecule has 0 amide bonds. The molecule has 45 heavy (non-hydrogen) atoms. The first-order valence-corrected chi connectivity index (χ1v) is 15.7. The predicted octanol–water partition coefficient (Wildman–Crippen LogP) is 9.79. The van der Waals surface area contributed by atoms with Crippen LogP contribution in [0.1, 0.15) is 33.3 Å². The number of nitrogens with zero attached hydrogens (tertiary/aromatic N) is 1. The van der Waals surface area contributed by atoms with Crippen molar-refractivity contribution in [2.24, 2.45) is 0 Å². The summed E-state index contributed by atoms with van der Waals surface area (Å²) in [5.74, 6) is 0. The maximum atomic E-state index is 6.44. The highest BCUT2D eigenvalue weighted by Crippen LogP contribution is 2.41. The maximum absolute atomic E-state index is 6.44. The first-order valence-electron chi connectivity index (χ1n) is 15.7. The quantitative estimate of drug-likeness (QED) is 0.195. The highest BCUT2D eigenvalue weighted by Gasteiger charge is 2.51. The highest BCUT2D eigenvalue weighted by atomic mass is 16.7. The monoisotopic (exact) mass is 587 g/mol. The molecule has 1 saturated heterocycles. The van der Waals surface area contributed by atoms with Crippen molar-refractivity contribution in [3.63, 3.8) is 0 Å². The van der Waals surface area contributed by atoms with Crippen LogP contribution in [-0.2, 0) is 15.7 Å². The van der Waals surface area contributed by atoms with E-state index in [0.717, 1.165) is 40.1 Å². The molecule has 0 bridgehead atoms. The molecule has 0 spiro atoms. The normalized spacial score (nSPS) is 18.6. The van der Waals surface area contributed by atoms with Crippen molar-refractivity contribution in [3.05, 3.63) is 151 Å². The molecule has 0 radical (unpaired) electrons. The maximum Gasteiger partial charge on any atom is 0.494 e. The van der Waals surface area contributed by atoms with Gasteiger partial charge in [-0.25, -0.2) is 0 Å². The van der Waals surface area contributed by atoms with Gasteiger partial charge in [0.15, 0.2) is 0 Å². The molecule has 0 atom stereocenters. The van der Waals surface area contributed by atoms with E-state index in [9.17, 15) is 0 Å². The molecular weight excluding hydrogens is 549 g/mol. The lowest BCUT2D eigenvalue weighted by molar-refractivity contribution is 0.00578. The van der Waals surface area contributed by atoms with Crippen molar-refractivity contribution in [1.82, 2.24) is 0 Å². The Bertz CT molecular complexity index is 1950. The van der Waals surface area contributed by atoms with Crippen LogP contribution in [-0.4, -0.2) is 18.3 Å². The standard InChI is InChI=1S/C41H38BNO2/c1-29-15-8-6-11-19-32-26-35(42-44-40(2,3)41(4,5)45-42)23-24-39(32)43(29)36-27-33(30-16-9-7-10-17-30)25-34(28-36)38-22-14-20-31-18-12-13-21-37(31)38/h6-18,20-28H,1,19H2,2-5H3/b11-6-,15-8-. The summed E-state index contributed by atoms with van der Waals surface area (Å²) in [6.07, 6.45) is 9.22. The fourth-order valence-corrected chi connectivity index (χ4v) is 6.26. The average Bonchev–Trinajstić information content (AvgIpc) is 3.31. The first-order chi connectivity index (χ1) is 21.7. The lowest BCUT2D eigenvalue weighted by atomic mass is 9.77. The van der Waals surface area contributed by atoms with E-state index in [2.05, 4.69) is 173 Å². The van der Waals surface area contributed by atoms with Gasteiger partial charge in [-0.1, -0.05) is 110 Å². The predicted molar refractivity (Wildman–Crippen MR) is 190 cm³/mol. The fraction of sp³-hybridized carbons (Fsp3) is 0.171. The molecule has 2 aliphatic heterocycles. The van der Waals surface area contributed by atoms with Gasteiger partial charge in [-0.05, 0) is 109 Å². The van der Waals surface area contributed by atoms with Crippen molar-refractivity contribution < 1.29 is 9.31 Å². The first kappa shape index (κ1) is 29.1. The molecule has 0 aliphatic carbocycles. The van der Waals surface area contributed by atoms with Crippen LogP contribution in [0.4, 0.5) is 11.4 Å².